The molecule has 0 amide bonds. The van der Waals surface area contributed by atoms with E-state index in [0.717, 1.165) is 18.1 Å². The molecule has 1 aromatic rings. The lowest BCUT2D eigenvalue weighted by Gasteiger charge is -2.15. The van der Waals surface area contributed by atoms with E-state index in [1.165, 1.54) is 24.7 Å². The van der Waals surface area contributed by atoms with Crippen molar-refractivity contribution in [3.05, 3.63) is 34.1 Å². The Balaban J connectivity index is 0.00000220. The van der Waals surface area contributed by atoms with Crippen LogP contribution in [0.25, 0.3) is 0 Å². The fourth-order valence-electron chi connectivity index (χ4n) is 2.07. The number of nitrogens with one attached hydrogen (secondary N) is 2. The largest absolute Gasteiger partial charge is 0.355 e. The van der Waals surface area contributed by atoms with Crippen LogP contribution in [-0.4, -0.2) is 30.6 Å². The number of aliphatic imine (C=N–C) groups is 1. The van der Waals surface area contributed by atoms with Gasteiger partial charge in [-0.3, -0.25) is 4.99 Å². The molecular formula is C14H20BrFIN3S. The van der Waals surface area contributed by atoms with Crippen LogP contribution in [0, 0.1) is 5.82 Å². The standard InChI is InChI=1S/C14H19BrFN3S.HI/c1-17-14(19-9-11-3-2-6-20-11)18-8-10-4-5-12(15)13(16)7-10;/h4-5,7,11H,2-3,6,8-9H2,1H3,(H2,17,18,19);1H. The van der Waals surface area contributed by atoms with E-state index in [4.69, 9.17) is 0 Å². The van der Waals surface area contributed by atoms with Crippen LogP contribution >= 0.6 is 51.7 Å². The molecule has 1 saturated heterocycles. The Labute approximate surface area is 155 Å². The highest BCUT2D eigenvalue weighted by Gasteiger charge is 2.15. The lowest BCUT2D eigenvalue weighted by molar-refractivity contribution is 0.617. The van der Waals surface area contributed by atoms with Crippen molar-refractivity contribution in [2.24, 2.45) is 4.99 Å². The lowest BCUT2D eigenvalue weighted by atomic mass is 10.2. The average molecular weight is 488 g/mol. The molecule has 0 radical (unpaired) electrons. The second kappa shape index (κ2) is 9.89. The summed E-state index contributed by atoms with van der Waals surface area (Å²) in [4.78, 5) is 4.19. The molecular weight excluding hydrogens is 468 g/mol. The number of thioether (sulfide) groups is 1. The normalized spacial score (nSPS) is 18.2. The maximum atomic E-state index is 13.4. The monoisotopic (exact) mass is 487 g/mol. The molecule has 1 heterocycles. The van der Waals surface area contributed by atoms with Crippen LogP contribution in [0.2, 0.25) is 0 Å². The van der Waals surface area contributed by atoms with Crippen molar-refractivity contribution in [2.45, 2.75) is 24.6 Å². The Bertz CT molecular complexity index is 481. The molecule has 1 aliphatic rings. The first-order valence-electron chi connectivity index (χ1n) is 6.69. The predicted molar refractivity (Wildman–Crippen MR) is 103 cm³/mol. The zero-order valence-corrected chi connectivity index (χ0v) is 16.6. The van der Waals surface area contributed by atoms with Gasteiger partial charge >= 0.3 is 0 Å². The third kappa shape index (κ3) is 6.32. The summed E-state index contributed by atoms with van der Waals surface area (Å²) in [5, 5.41) is 7.21. The molecule has 0 saturated carbocycles. The van der Waals surface area contributed by atoms with Crippen molar-refractivity contribution in [1.29, 1.82) is 0 Å². The maximum absolute atomic E-state index is 13.4. The molecule has 2 N–H and O–H groups in total. The number of nitrogens with zero attached hydrogens (tertiary/aromatic N) is 1. The van der Waals surface area contributed by atoms with Gasteiger partial charge in [-0.2, -0.15) is 11.8 Å². The van der Waals surface area contributed by atoms with E-state index < -0.39 is 0 Å². The highest BCUT2D eigenvalue weighted by molar-refractivity contribution is 14.0. The predicted octanol–water partition coefficient (Wildman–Crippen LogP) is 3.77. The summed E-state index contributed by atoms with van der Waals surface area (Å²) in [6.45, 7) is 1.49. The Kier molecular flexibility index (Phi) is 8.96. The minimum atomic E-state index is -0.241. The number of hydrogen-bond acceptors (Lipinski definition) is 2. The minimum absolute atomic E-state index is 0. The van der Waals surface area contributed by atoms with E-state index in [1.54, 1.807) is 13.1 Å². The molecule has 0 bridgehead atoms. The van der Waals surface area contributed by atoms with Gasteiger partial charge in [0, 0.05) is 25.4 Å². The first-order valence-corrected chi connectivity index (χ1v) is 8.53. The molecule has 3 nitrogen and oxygen atoms in total. The highest BCUT2D eigenvalue weighted by atomic mass is 127. The Morgan fingerprint density at radius 2 is 2.29 bits per heavy atom. The summed E-state index contributed by atoms with van der Waals surface area (Å²) in [6, 6.07) is 5.13. The molecule has 118 valence electrons. The SMILES string of the molecule is CN=C(NCc1ccc(Br)c(F)c1)NCC1CCCS1.I. The first kappa shape index (κ1) is 19.0. The zero-order chi connectivity index (χ0) is 14.4. The summed E-state index contributed by atoms with van der Waals surface area (Å²) >= 11 is 5.16. The quantitative estimate of drug-likeness (QED) is 0.385. The number of benzene rings is 1. The Hall–Kier alpha value is -0.0200. The van der Waals surface area contributed by atoms with Gasteiger partial charge < -0.3 is 10.6 Å². The van der Waals surface area contributed by atoms with Crippen LogP contribution in [0.5, 0.6) is 0 Å². The summed E-state index contributed by atoms with van der Waals surface area (Å²) in [5.74, 6) is 1.78. The number of guanidine groups is 1. The van der Waals surface area contributed by atoms with Crippen molar-refractivity contribution in [2.75, 3.05) is 19.3 Å². The molecule has 0 spiro atoms. The maximum Gasteiger partial charge on any atom is 0.191 e. The van der Waals surface area contributed by atoms with Gasteiger partial charge in [0.05, 0.1) is 4.47 Å². The molecule has 1 fully saturated rings. The van der Waals surface area contributed by atoms with Crippen molar-refractivity contribution in [3.8, 4) is 0 Å². The molecule has 1 unspecified atom stereocenters. The average Bonchev–Trinajstić information content (AvgIpc) is 2.96. The van der Waals surface area contributed by atoms with Gasteiger partial charge in [0.2, 0.25) is 0 Å². The van der Waals surface area contributed by atoms with Crippen molar-refractivity contribution >= 4 is 57.6 Å². The number of hydrogen-bond donors (Lipinski definition) is 2. The number of halogens is 3. The summed E-state index contributed by atoms with van der Waals surface area (Å²) in [6.07, 6.45) is 2.58. The lowest BCUT2D eigenvalue weighted by Crippen LogP contribution is -2.39. The van der Waals surface area contributed by atoms with E-state index in [2.05, 4.69) is 31.6 Å². The van der Waals surface area contributed by atoms with Crippen molar-refractivity contribution in [3.63, 3.8) is 0 Å². The Morgan fingerprint density at radius 3 is 2.90 bits per heavy atom. The van der Waals surface area contributed by atoms with Crippen LogP contribution < -0.4 is 10.6 Å². The molecule has 1 atom stereocenters. The smallest absolute Gasteiger partial charge is 0.191 e. The molecule has 0 aliphatic carbocycles. The van der Waals surface area contributed by atoms with E-state index in [-0.39, 0.29) is 29.8 Å². The van der Waals surface area contributed by atoms with Gasteiger partial charge in [-0.15, -0.1) is 24.0 Å². The van der Waals surface area contributed by atoms with Gasteiger partial charge in [0.1, 0.15) is 5.82 Å². The second-order valence-corrected chi connectivity index (χ2v) is 6.95. The molecule has 0 aromatic heterocycles. The van der Waals surface area contributed by atoms with Gasteiger partial charge in [-0.1, -0.05) is 6.07 Å². The number of rotatable bonds is 4. The molecule has 2 rings (SSSR count). The summed E-state index contributed by atoms with van der Waals surface area (Å²) in [7, 11) is 1.75. The van der Waals surface area contributed by atoms with Gasteiger partial charge in [0.15, 0.2) is 5.96 Å². The molecule has 1 aliphatic heterocycles. The topological polar surface area (TPSA) is 36.4 Å². The van der Waals surface area contributed by atoms with Gasteiger partial charge in [0.25, 0.3) is 0 Å². The second-order valence-electron chi connectivity index (χ2n) is 4.69. The summed E-state index contributed by atoms with van der Waals surface area (Å²) in [5.41, 5.74) is 0.892. The highest BCUT2D eigenvalue weighted by Crippen LogP contribution is 2.25. The van der Waals surface area contributed by atoms with Crippen LogP contribution in [0.15, 0.2) is 27.7 Å². The Morgan fingerprint density at radius 1 is 1.48 bits per heavy atom. The van der Waals surface area contributed by atoms with Crippen LogP contribution in [0.3, 0.4) is 0 Å². The van der Waals surface area contributed by atoms with Crippen molar-refractivity contribution < 1.29 is 4.39 Å². The third-order valence-electron chi connectivity index (χ3n) is 3.19. The molecule has 1 aromatic carbocycles. The van der Waals surface area contributed by atoms with Gasteiger partial charge in [-0.05, 0) is 52.2 Å². The molecule has 21 heavy (non-hydrogen) atoms. The van der Waals surface area contributed by atoms with Gasteiger partial charge in [-0.25, -0.2) is 4.39 Å². The fourth-order valence-corrected chi connectivity index (χ4v) is 3.52. The van der Waals surface area contributed by atoms with E-state index >= 15 is 0 Å². The van der Waals surface area contributed by atoms with Crippen molar-refractivity contribution in [1.82, 2.24) is 10.6 Å². The van der Waals surface area contributed by atoms with Crippen LogP contribution in [0.4, 0.5) is 4.39 Å². The van der Waals surface area contributed by atoms with E-state index in [1.807, 2.05) is 17.8 Å². The summed E-state index contributed by atoms with van der Waals surface area (Å²) < 4.78 is 13.9. The zero-order valence-electron chi connectivity index (χ0n) is 11.9. The van der Waals surface area contributed by atoms with Crippen LogP contribution in [-0.2, 0) is 6.54 Å². The van der Waals surface area contributed by atoms with E-state index in [0.29, 0.717) is 16.3 Å². The third-order valence-corrected chi connectivity index (χ3v) is 5.23. The van der Waals surface area contributed by atoms with E-state index in [9.17, 15) is 4.39 Å². The first-order chi connectivity index (χ1) is 9.69. The fraction of sp³-hybridized carbons (Fsp3) is 0.500. The van der Waals surface area contributed by atoms with Crippen LogP contribution in [0.1, 0.15) is 18.4 Å². The molecule has 7 heteroatoms. The minimum Gasteiger partial charge on any atom is -0.355 e.